The molecule has 4 rings (SSSR count). The lowest BCUT2D eigenvalue weighted by Crippen LogP contribution is -2.41. The number of benzene rings is 3. The molecule has 3 nitrogen and oxygen atoms in total. The highest BCUT2D eigenvalue weighted by Crippen LogP contribution is 2.17. The van der Waals surface area contributed by atoms with Crippen molar-refractivity contribution < 1.29 is 4.74 Å². The van der Waals surface area contributed by atoms with E-state index in [2.05, 4.69) is 76.9 Å². The van der Waals surface area contributed by atoms with Gasteiger partial charge in [-0.1, -0.05) is 72.8 Å². The molecule has 0 unspecified atom stereocenters. The summed E-state index contributed by atoms with van der Waals surface area (Å²) in [4.78, 5) is 2.56. The lowest BCUT2D eigenvalue weighted by Gasteiger charge is -2.32. The largest absolute Gasteiger partial charge is 0.489 e. The molecule has 166 valence electrons. The summed E-state index contributed by atoms with van der Waals surface area (Å²) >= 11 is 0. The Morgan fingerprint density at radius 2 is 1.29 bits per heavy atom. The highest BCUT2D eigenvalue weighted by molar-refractivity contribution is 5.85. The Kier molecular flexibility index (Phi) is 10.9. The van der Waals surface area contributed by atoms with Crippen molar-refractivity contribution >= 4 is 24.8 Å². The van der Waals surface area contributed by atoms with Gasteiger partial charge in [-0.2, -0.15) is 0 Å². The Bertz CT molecular complexity index is 852. The first kappa shape index (κ1) is 25.2. The molecule has 0 saturated carbocycles. The zero-order chi connectivity index (χ0) is 19.7. The zero-order valence-corrected chi connectivity index (χ0v) is 19.4. The predicted molar refractivity (Wildman–Crippen MR) is 133 cm³/mol. The van der Waals surface area contributed by atoms with E-state index >= 15 is 0 Å². The van der Waals surface area contributed by atoms with Crippen LogP contribution < -0.4 is 10.1 Å². The number of hydrogen-bond donors (Lipinski definition) is 1. The summed E-state index contributed by atoms with van der Waals surface area (Å²) in [6, 6.07) is 30.1. The molecular formula is C26H32Cl2N2O. The van der Waals surface area contributed by atoms with E-state index in [-0.39, 0.29) is 24.8 Å². The summed E-state index contributed by atoms with van der Waals surface area (Å²) < 4.78 is 5.88. The number of rotatable bonds is 8. The summed E-state index contributed by atoms with van der Waals surface area (Å²) in [6.45, 7) is 4.93. The Hall–Kier alpha value is -2.04. The summed E-state index contributed by atoms with van der Waals surface area (Å²) in [6.07, 6.45) is 2.43. The molecule has 0 aromatic heterocycles. The Labute approximate surface area is 198 Å². The van der Waals surface area contributed by atoms with E-state index < -0.39 is 0 Å². The van der Waals surface area contributed by atoms with Crippen LogP contribution in [0.15, 0.2) is 84.9 Å². The maximum atomic E-state index is 5.88. The fraction of sp³-hybridized carbons (Fsp3) is 0.308. The fourth-order valence-corrected chi connectivity index (χ4v) is 3.84. The first-order valence-corrected chi connectivity index (χ1v) is 10.6. The van der Waals surface area contributed by atoms with E-state index in [1.165, 1.54) is 42.6 Å². The van der Waals surface area contributed by atoms with E-state index in [1.807, 2.05) is 18.2 Å². The van der Waals surface area contributed by atoms with Crippen molar-refractivity contribution in [2.75, 3.05) is 13.1 Å². The van der Waals surface area contributed by atoms with Crippen LogP contribution in [-0.4, -0.2) is 24.0 Å². The quantitative estimate of drug-likeness (QED) is 0.457. The lowest BCUT2D eigenvalue weighted by atomic mass is 10.0. The van der Waals surface area contributed by atoms with E-state index in [1.54, 1.807) is 0 Å². The van der Waals surface area contributed by atoms with Gasteiger partial charge in [-0.05, 0) is 54.8 Å². The minimum atomic E-state index is 0. The maximum absolute atomic E-state index is 5.88. The summed E-state index contributed by atoms with van der Waals surface area (Å²) in [5.74, 6) is 0.923. The molecule has 1 aliphatic rings. The van der Waals surface area contributed by atoms with Gasteiger partial charge in [0.1, 0.15) is 12.4 Å². The van der Waals surface area contributed by atoms with E-state index in [0.29, 0.717) is 12.6 Å². The van der Waals surface area contributed by atoms with Crippen LogP contribution in [0.5, 0.6) is 5.75 Å². The molecule has 3 aromatic carbocycles. The molecule has 31 heavy (non-hydrogen) atoms. The third kappa shape index (κ3) is 8.19. The molecule has 0 amide bonds. The first-order chi connectivity index (χ1) is 14.3. The normalized spacial score (nSPS) is 14.3. The van der Waals surface area contributed by atoms with Crippen LogP contribution in [0.4, 0.5) is 0 Å². The van der Waals surface area contributed by atoms with Gasteiger partial charge in [0.2, 0.25) is 0 Å². The maximum Gasteiger partial charge on any atom is 0.119 e. The molecule has 1 fully saturated rings. The van der Waals surface area contributed by atoms with Gasteiger partial charge in [-0.15, -0.1) is 24.8 Å². The van der Waals surface area contributed by atoms with E-state index in [0.717, 1.165) is 18.8 Å². The molecule has 1 N–H and O–H groups in total. The van der Waals surface area contributed by atoms with Gasteiger partial charge in [0.15, 0.2) is 0 Å². The molecule has 3 aromatic rings. The average molecular weight is 459 g/mol. The van der Waals surface area contributed by atoms with Crippen LogP contribution in [0.1, 0.15) is 29.5 Å². The second-order valence-corrected chi connectivity index (χ2v) is 7.84. The Morgan fingerprint density at radius 3 is 1.90 bits per heavy atom. The van der Waals surface area contributed by atoms with Crippen LogP contribution in [0.25, 0.3) is 0 Å². The second-order valence-electron chi connectivity index (χ2n) is 7.84. The molecular weight excluding hydrogens is 427 g/mol. The molecule has 0 radical (unpaired) electrons. The Morgan fingerprint density at radius 1 is 0.710 bits per heavy atom. The van der Waals surface area contributed by atoms with Gasteiger partial charge in [0.25, 0.3) is 0 Å². The third-order valence-corrected chi connectivity index (χ3v) is 5.60. The number of nitrogens with zero attached hydrogens (tertiary/aromatic N) is 1. The van der Waals surface area contributed by atoms with Crippen molar-refractivity contribution in [2.24, 2.45) is 0 Å². The average Bonchev–Trinajstić information content (AvgIpc) is 2.79. The van der Waals surface area contributed by atoms with Gasteiger partial charge in [-0.3, -0.25) is 4.90 Å². The van der Waals surface area contributed by atoms with Gasteiger partial charge < -0.3 is 10.1 Å². The molecule has 0 aliphatic carbocycles. The van der Waals surface area contributed by atoms with Crippen LogP contribution in [-0.2, 0) is 19.7 Å². The topological polar surface area (TPSA) is 24.5 Å². The zero-order valence-electron chi connectivity index (χ0n) is 17.8. The van der Waals surface area contributed by atoms with Crippen LogP contribution >= 0.6 is 24.8 Å². The summed E-state index contributed by atoms with van der Waals surface area (Å²) in [5, 5.41) is 3.73. The van der Waals surface area contributed by atoms with Crippen LogP contribution in [0.2, 0.25) is 0 Å². The van der Waals surface area contributed by atoms with Gasteiger partial charge >= 0.3 is 0 Å². The minimum absolute atomic E-state index is 0. The van der Waals surface area contributed by atoms with Crippen molar-refractivity contribution in [1.82, 2.24) is 10.2 Å². The van der Waals surface area contributed by atoms with Crippen molar-refractivity contribution in [2.45, 2.75) is 38.6 Å². The highest BCUT2D eigenvalue weighted by atomic mass is 35.5. The van der Waals surface area contributed by atoms with Gasteiger partial charge in [-0.25, -0.2) is 0 Å². The molecule has 1 heterocycles. The molecule has 0 bridgehead atoms. The molecule has 5 heteroatoms. The van der Waals surface area contributed by atoms with Crippen molar-refractivity contribution in [3.63, 3.8) is 0 Å². The number of nitrogens with one attached hydrogen (secondary N) is 1. The molecule has 0 atom stereocenters. The number of piperidine rings is 1. The number of halogens is 2. The number of likely N-dealkylation sites (tertiary alicyclic amines) is 1. The van der Waals surface area contributed by atoms with Crippen LogP contribution in [0.3, 0.4) is 0 Å². The molecule has 1 aliphatic heterocycles. The first-order valence-electron chi connectivity index (χ1n) is 10.6. The number of hydrogen-bond acceptors (Lipinski definition) is 3. The lowest BCUT2D eigenvalue weighted by molar-refractivity contribution is 0.190. The smallest absolute Gasteiger partial charge is 0.119 e. The fourth-order valence-electron chi connectivity index (χ4n) is 3.84. The predicted octanol–water partition coefficient (Wildman–Crippen LogP) is 5.86. The third-order valence-electron chi connectivity index (χ3n) is 5.60. The minimum Gasteiger partial charge on any atom is -0.489 e. The van der Waals surface area contributed by atoms with Crippen LogP contribution in [0, 0.1) is 0 Å². The summed E-state index contributed by atoms with van der Waals surface area (Å²) in [5.41, 5.74) is 3.91. The van der Waals surface area contributed by atoms with Crippen molar-refractivity contribution in [3.05, 3.63) is 102 Å². The van der Waals surface area contributed by atoms with Gasteiger partial charge in [0.05, 0.1) is 0 Å². The highest BCUT2D eigenvalue weighted by Gasteiger charge is 2.18. The monoisotopic (exact) mass is 458 g/mol. The second kappa shape index (κ2) is 13.4. The van der Waals surface area contributed by atoms with E-state index in [9.17, 15) is 0 Å². The standard InChI is InChI=1S/C26H30N2O.2ClH/c1-3-7-23(8-4-1)20-28-17-15-25(16-18-28)27-19-22-11-13-26(14-12-22)29-21-24-9-5-2-6-10-24;;/h1-14,25,27H,15-21H2;2*1H. The molecule has 0 spiro atoms. The van der Waals surface area contributed by atoms with Crippen molar-refractivity contribution in [1.29, 1.82) is 0 Å². The molecule has 1 saturated heterocycles. The SMILES string of the molecule is Cl.Cl.c1ccc(COc2ccc(CNC3CCN(Cc4ccccc4)CC3)cc2)cc1. The van der Waals surface area contributed by atoms with Gasteiger partial charge in [0, 0.05) is 19.1 Å². The number of ether oxygens (including phenoxy) is 1. The Balaban J connectivity index is 0.00000171. The van der Waals surface area contributed by atoms with E-state index in [4.69, 9.17) is 4.74 Å². The summed E-state index contributed by atoms with van der Waals surface area (Å²) in [7, 11) is 0. The van der Waals surface area contributed by atoms with Crippen molar-refractivity contribution in [3.8, 4) is 5.75 Å².